The van der Waals surface area contributed by atoms with Gasteiger partial charge in [-0.15, -0.1) is 5.10 Å². The van der Waals surface area contributed by atoms with E-state index in [-0.39, 0.29) is 11.8 Å². The smallest absolute Gasteiger partial charge is 0.319 e. The minimum Gasteiger partial charge on any atom is -0.319 e. The van der Waals surface area contributed by atoms with Gasteiger partial charge in [0.2, 0.25) is 4.96 Å². The summed E-state index contributed by atoms with van der Waals surface area (Å²) in [7, 11) is 0. The summed E-state index contributed by atoms with van der Waals surface area (Å²) in [5.74, 6) is 0.301. The van der Waals surface area contributed by atoms with Crippen molar-refractivity contribution in [1.29, 1.82) is 0 Å². The number of carbonyl (C=O) groups excluding carboxylic acids is 1. The van der Waals surface area contributed by atoms with Gasteiger partial charge < -0.3 is 10.2 Å². The number of hydrogen-bond donors (Lipinski definition) is 1. The van der Waals surface area contributed by atoms with E-state index in [1.807, 2.05) is 40.6 Å². The molecular formula is C21H18FN5OS. The average molecular weight is 407 g/mol. The van der Waals surface area contributed by atoms with Gasteiger partial charge in [-0.3, -0.25) is 0 Å². The molecule has 1 aliphatic heterocycles. The van der Waals surface area contributed by atoms with Crippen LogP contribution >= 0.6 is 11.3 Å². The second-order valence-electron chi connectivity index (χ2n) is 7.08. The third kappa shape index (κ3) is 3.36. The number of rotatable bonds is 2. The van der Waals surface area contributed by atoms with E-state index in [2.05, 4.69) is 15.4 Å². The number of carbonyl (C=O) groups is 1. The molecule has 4 aromatic rings. The van der Waals surface area contributed by atoms with Crippen molar-refractivity contribution in [3.05, 3.63) is 70.5 Å². The summed E-state index contributed by atoms with van der Waals surface area (Å²) < 4.78 is 15.0. The monoisotopic (exact) mass is 407 g/mol. The van der Waals surface area contributed by atoms with Gasteiger partial charge in [0.1, 0.15) is 5.82 Å². The molecule has 5 rings (SSSR count). The predicted molar refractivity (Wildman–Crippen MR) is 111 cm³/mol. The van der Waals surface area contributed by atoms with E-state index in [0.29, 0.717) is 25.3 Å². The maximum Gasteiger partial charge on any atom is 0.322 e. The molecule has 146 valence electrons. The van der Waals surface area contributed by atoms with E-state index in [0.717, 1.165) is 32.3 Å². The molecule has 29 heavy (non-hydrogen) atoms. The third-order valence-corrected chi connectivity index (χ3v) is 6.04. The first-order chi connectivity index (χ1) is 14.1. The first-order valence-electron chi connectivity index (χ1n) is 9.33. The number of halogens is 1. The molecule has 1 N–H and O–H groups in total. The molecule has 8 heteroatoms. The van der Waals surface area contributed by atoms with Gasteiger partial charge in [0, 0.05) is 29.1 Å². The normalized spacial score (nSPS) is 13.5. The highest BCUT2D eigenvalue weighted by Gasteiger charge is 2.26. The van der Waals surface area contributed by atoms with E-state index in [1.54, 1.807) is 23.5 Å². The number of nitrogens with one attached hydrogen (secondary N) is 1. The van der Waals surface area contributed by atoms with Crippen LogP contribution in [-0.2, 0) is 13.0 Å². The van der Waals surface area contributed by atoms with Crippen molar-refractivity contribution in [2.75, 3.05) is 11.9 Å². The van der Waals surface area contributed by atoms with Crippen LogP contribution in [0, 0.1) is 12.7 Å². The summed E-state index contributed by atoms with van der Waals surface area (Å²) in [6.45, 7) is 3.15. The fraction of sp³-hybridized carbons (Fsp3) is 0.190. The van der Waals surface area contributed by atoms with E-state index >= 15 is 0 Å². The lowest BCUT2D eigenvalue weighted by Crippen LogP contribution is -2.38. The molecular weight excluding hydrogens is 389 g/mol. The highest BCUT2D eigenvalue weighted by atomic mass is 32.1. The lowest BCUT2D eigenvalue weighted by atomic mass is 10.2. The Labute approximate surface area is 170 Å². The largest absolute Gasteiger partial charge is 0.322 e. The van der Waals surface area contributed by atoms with E-state index in [4.69, 9.17) is 0 Å². The summed E-state index contributed by atoms with van der Waals surface area (Å²) in [6.07, 6.45) is 0.711. The first-order valence-corrected chi connectivity index (χ1v) is 10.1. The van der Waals surface area contributed by atoms with Gasteiger partial charge in [-0.25, -0.2) is 13.7 Å². The number of aryl methyl sites for hydroxylation is 1. The molecule has 0 unspecified atom stereocenters. The van der Waals surface area contributed by atoms with Gasteiger partial charge in [-0.1, -0.05) is 23.5 Å². The Hall–Kier alpha value is -3.26. The SMILES string of the molecule is Cc1cccc(NC(=O)N2CCc3c(sc4nc(-c5ccc(F)cc5)nn34)C2)c1. The highest BCUT2D eigenvalue weighted by Crippen LogP contribution is 2.30. The Morgan fingerprint density at radius 3 is 2.83 bits per heavy atom. The van der Waals surface area contributed by atoms with Crippen molar-refractivity contribution in [1.82, 2.24) is 19.5 Å². The number of nitrogens with zero attached hydrogens (tertiary/aromatic N) is 4. The minimum atomic E-state index is -0.281. The molecule has 0 aliphatic carbocycles. The number of hydrogen-bond acceptors (Lipinski definition) is 4. The Kier molecular flexibility index (Phi) is 4.28. The molecule has 0 saturated carbocycles. The van der Waals surface area contributed by atoms with Crippen molar-refractivity contribution in [3.8, 4) is 11.4 Å². The second kappa shape index (κ2) is 6.97. The minimum absolute atomic E-state index is 0.104. The van der Waals surface area contributed by atoms with Crippen molar-refractivity contribution < 1.29 is 9.18 Å². The fourth-order valence-electron chi connectivity index (χ4n) is 3.51. The molecule has 0 radical (unpaired) electrons. The van der Waals surface area contributed by atoms with Crippen LogP contribution in [0.25, 0.3) is 16.3 Å². The number of anilines is 1. The standard InChI is InChI=1S/C21H18FN5OS/c1-13-3-2-4-16(11-13)23-20(28)26-10-9-17-18(12-26)29-21-24-19(25-27(17)21)14-5-7-15(22)8-6-14/h2-8,11H,9-10,12H2,1H3,(H,23,28). The molecule has 0 atom stereocenters. The molecule has 0 fully saturated rings. The highest BCUT2D eigenvalue weighted by molar-refractivity contribution is 7.17. The molecule has 2 aromatic carbocycles. The first kappa shape index (κ1) is 17.8. The topological polar surface area (TPSA) is 62.5 Å². The zero-order valence-electron chi connectivity index (χ0n) is 15.7. The zero-order valence-corrected chi connectivity index (χ0v) is 16.5. The number of urea groups is 1. The molecule has 1 aliphatic rings. The molecule has 0 spiro atoms. The van der Waals surface area contributed by atoms with Gasteiger partial charge in [-0.05, 0) is 48.9 Å². The number of amides is 2. The lowest BCUT2D eigenvalue weighted by molar-refractivity contribution is 0.206. The summed E-state index contributed by atoms with van der Waals surface area (Å²) in [5, 5.41) is 7.58. The predicted octanol–water partition coefficient (Wildman–Crippen LogP) is 4.50. The van der Waals surface area contributed by atoms with Gasteiger partial charge >= 0.3 is 6.03 Å². The molecule has 2 amide bonds. The van der Waals surface area contributed by atoms with Gasteiger partial charge in [0.05, 0.1) is 12.2 Å². The van der Waals surface area contributed by atoms with Crippen LogP contribution in [0.4, 0.5) is 14.9 Å². The third-order valence-electron chi connectivity index (χ3n) is 4.98. The maximum atomic E-state index is 13.1. The molecule has 0 bridgehead atoms. The number of fused-ring (bicyclic) bond motifs is 3. The lowest BCUT2D eigenvalue weighted by Gasteiger charge is -2.26. The summed E-state index contributed by atoms with van der Waals surface area (Å²) in [4.78, 5) is 20.9. The number of aromatic nitrogens is 3. The van der Waals surface area contributed by atoms with Crippen LogP contribution in [0.1, 0.15) is 16.1 Å². The summed E-state index contributed by atoms with van der Waals surface area (Å²) >= 11 is 1.54. The van der Waals surface area contributed by atoms with Crippen LogP contribution < -0.4 is 5.32 Å². The van der Waals surface area contributed by atoms with Crippen LogP contribution in [-0.4, -0.2) is 32.1 Å². The molecule has 3 heterocycles. The Morgan fingerprint density at radius 2 is 2.03 bits per heavy atom. The average Bonchev–Trinajstić information content (AvgIpc) is 3.26. The molecule has 0 saturated heterocycles. The molecule has 6 nitrogen and oxygen atoms in total. The second-order valence-corrected chi connectivity index (χ2v) is 8.14. The maximum absolute atomic E-state index is 13.1. The van der Waals surface area contributed by atoms with Crippen molar-refractivity contribution in [2.24, 2.45) is 0 Å². The Bertz CT molecular complexity index is 1210. The van der Waals surface area contributed by atoms with E-state index < -0.39 is 0 Å². The fourth-order valence-corrected chi connectivity index (χ4v) is 4.63. The van der Waals surface area contributed by atoms with Gasteiger partial charge in [0.15, 0.2) is 5.82 Å². The quantitative estimate of drug-likeness (QED) is 0.532. The van der Waals surface area contributed by atoms with Crippen molar-refractivity contribution in [3.63, 3.8) is 0 Å². The molecule has 2 aromatic heterocycles. The van der Waals surface area contributed by atoms with E-state index in [9.17, 15) is 9.18 Å². The number of benzene rings is 2. The Morgan fingerprint density at radius 1 is 1.21 bits per heavy atom. The van der Waals surface area contributed by atoms with Gasteiger partial charge in [0.25, 0.3) is 0 Å². The van der Waals surface area contributed by atoms with E-state index in [1.165, 1.54) is 12.1 Å². The zero-order chi connectivity index (χ0) is 20.0. The summed E-state index contributed by atoms with van der Waals surface area (Å²) in [5.41, 5.74) is 3.77. The van der Waals surface area contributed by atoms with Crippen LogP contribution in [0.3, 0.4) is 0 Å². The van der Waals surface area contributed by atoms with Crippen molar-refractivity contribution >= 4 is 28.0 Å². The number of thiazole rings is 1. The van der Waals surface area contributed by atoms with Crippen molar-refractivity contribution in [2.45, 2.75) is 19.9 Å². The van der Waals surface area contributed by atoms with Crippen LogP contribution in [0.15, 0.2) is 48.5 Å². The van der Waals surface area contributed by atoms with Crippen LogP contribution in [0.2, 0.25) is 0 Å². The summed E-state index contributed by atoms with van der Waals surface area (Å²) in [6, 6.07) is 13.8. The van der Waals surface area contributed by atoms with Gasteiger partial charge in [-0.2, -0.15) is 4.98 Å². The van der Waals surface area contributed by atoms with Crippen LogP contribution in [0.5, 0.6) is 0 Å². The Balaban J connectivity index is 1.36.